The van der Waals surface area contributed by atoms with Gasteiger partial charge in [-0.1, -0.05) is 0 Å². The Morgan fingerprint density at radius 1 is 1.33 bits per heavy atom. The SMILES string of the molecule is COC(=O)c1ccc(NC(=O)[C@@H]2CCCN2C(=O)c2ccco2)s1. The van der Waals surface area contributed by atoms with E-state index in [1.165, 1.54) is 18.3 Å². The topological polar surface area (TPSA) is 88.9 Å². The van der Waals surface area contributed by atoms with Crippen molar-refractivity contribution < 1.29 is 23.5 Å². The van der Waals surface area contributed by atoms with E-state index in [4.69, 9.17) is 4.42 Å². The molecule has 0 saturated carbocycles. The molecule has 1 atom stereocenters. The Labute approximate surface area is 142 Å². The van der Waals surface area contributed by atoms with Crippen molar-refractivity contribution in [2.75, 3.05) is 19.0 Å². The second kappa shape index (κ2) is 6.88. The summed E-state index contributed by atoms with van der Waals surface area (Å²) in [5.41, 5.74) is 0. The van der Waals surface area contributed by atoms with Gasteiger partial charge in [-0.15, -0.1) is 11.3 Å². The van der Waals surface area contributed by atoms with Gasteiger partial charge in [-0.25, -0.2) is 4.79 Å². The molecule has 1 saturated heterocycles. The van der Waals surface area contributed by atoms with Crippen molar-refractivity contribution in [1.29, 1.82) is 0 Å². The molecule has 2 aromatic rings. The molecular formula is C16H16N2O5S. The van der Waals surface area contributed by atoms with Crippen LogP contribution in [0.2, 0.25) is 0 Å². The Balaban J connectivity index is 1.68. The summed E-state index contributed by atoms with van der Waals surface area (Å²) in [6, 6.07) is 5.90. The van der Waals surface area contributed by atoms with Crippen molar-refractivity contribution in [1.82, 2.24) is 4.90 Å². The van der Waals surface area contributed by atoms with E-state index in [2.05, 4.69) is 10.1 Å². The first-order valence-corrected chi connectivity index (χ1v) is 8.25. The van der Waals surface area contributed by atoms with Gasteiger partial charge in [0.1, 0.15) is 10.9 Å². The fraction of sp³-hybridized carbons (Fsp3) is 0.312. The van der Waals surface area contributed by atoms with E-state index in [1.807, 2.05) is 0 Å². The van der Waals surface area contributed by atoms with Gasteiger partial charge in [0.05, 0.1) is 18.4 Å². The molecule has 3 rings (SSSR count). The Morgan fingerprint density at radius 3 is 2.88 bits per heavy atom. The normalized spacial score (nSPS) is 16.9. The molecule has 0 aromatic carbocycles. The monoisotopic (exact) mass is 348 g/mol. The number of ether oxygens (including phenoxy) is 1. The van der Waals surface area contributed by atoms with E-state index < -0.39 is 12.0 Å². The summed E-state index contributed by atoms with van der Waals surface area (Å²) < 4.78 is 9.76. The lowest BCUT2D eigenvalue weighted by molar-refractivity contribution is -0.119. The van der Waals surface area contributed by atoms with Crippen molar-refractivity contribution in [3.05, 3.63) is 41.2 Å². The predicted octanol–water partition coefficient (Wildman–Crippen LogP) is 2.37. The van der Waals surface area contributed by atoms with Gasteiger partial charge < -0.3 is 19.4 Å². The van der Waals surface area contributed by atoms with Crippen LogP contribution < -0.4 is 5.32 Å². The molecule has 0 unspecified atom stereocenters. The molecule has 0 spiro atoms. The van der Waals surface area contributed by atoms with Gasteiger partial charge in [0.25, 0.3) is 5.91 Å². The summed E-state index contributed by atoms with van der Waals surface area (Å²) in [4.78, 5) is 38.3. The minimum absolute atomic E-state index is 0.221. The second-order valence-electron chi connectivity index (χ2n) is 5.28. The summed E-state index contributed by atoms with van der Waals surface area (Å²) in [6.07, 6.45) is 2.77. The Hall–Kier alpha value is -2.61. The quantitative estimate of drug-likeness (QED) is 0.857. The Bertz CT molecular complexity index is 752. The molecule has 1 aliphatic rings. The number of esters is 1. The number of nitrogens with one attached hydrogen (secondary N) is 1. The Kier molecular flexibility index (Phi) is 4.66. The number of furan rings is 1. The van der Waals surface area contributed by atoms with E-state index in [1.54, 1.807) is 24.3 Å². The molecule has 2 aromatic heterocycles. The molecule has 126 valence electrons. The fourth-order valence-electron chi connectivity index (χ4n) is 2.64. The van der Waals surface area contributed by atoms with Crippen LogP contribution >= 0.6 is 11.3 Å². The number of nitrogens with zero attached hydrogens (tertiary/aromatic N) is 1. The third-order valence-corrected chi connectivity index (χ3v) is 4.77. The molecule has 0 bridgehead atoms. The summed E-state index contributed by atoms with van der Waals surface area (Å²) in [5.74, 6) is -0.792. The second-order valence-corrected chi connectivity index (χ2v) is 6.36. The summed E-state index contributed by atoms with van der Waals surface area (Å²) in [6.45, 7) is 0.509. The van der Waals surface area contributed by atoms with Gasteiger partial charge in [-0.05, 0) is 37.1 Å². The van der Waals surface area contributed by atoms with Crippen LogP contribution in [-0.4, -0.2) is 42.4 Å². The lowest BCUT2D eigenvalue weighted by atomic mass is 10.2. The number of methoxy groups -OCH3 is 1. The summed E-state index contributed by atoms with van der Waals surface area (Å²) >= 11 is 1.13. The number of carbonyl (C=O) groups is 3. The van der Waals surface area contributed by atoms with Crippen molar-refractivity contribution >= 4 is 34.1 Å². The highest BCUT2D eigenvalue weighted by molar-refractivity contribution is 7.18. The highest BCUT2D eigenvalue weighted by Gasteiger charge is 2.35. The molecule has 0 radical (unpaired) electrons. The van der Waals surface area contributed by atoms with Crippen LogP contribution in [-0.2, 0) is 9.53 Å². The van der Waals surface area contributed by atoms with Gasteiger partial charge in [0.2, 0.25) is 5.91 Å². The van der Waals surface area contributed by atoms with Crippen LogP contribution in [0.25, 0.3) is 0 Å². The number of amides is 2. The van der Waals surface area contributed by atoms with Crippen LogP contribution in [0.1, 0.15) is 33.1 Å². The molecule has 1 fully saturated rings. The predicted molar refractivity (Wildman–Crippen MR) is 87.1 cm³/mol. The minimum Gasteiger partial charge on any atom is -0.465 e. The molecule has 1 aliphatic heterocycles. The zero-order valence-corrected chi connectivity index (χ0v) is 13.8. The van der Waals surface area contributed by atoms with Crippen LogP contribution in [0.15, 0.2) is 34.9 Å². The average Bonchev–Trinajstić information content (AvgIpc) is 3.32. The number of hydrogen-bond donors (Lipinski definition) is 1. The maximum atomic E-state index is 12.5. The molecule has 3 heterocycles. The molecule has 7 nitrogen and oxygen atoms in total. The highest BCUT2D eigenvalue weighted by Crippen LogP contribution is 2.25. The first-order valence-electron chi connectivity index (χ1n) is 7.43. The fourth-order valence-corrected chi connectivity index (χ4v) is 3.47. The van der Waals surface area contributed by atoms with Gasteiger partial charge in [0, 0.05) is 6.54 Å². The first-order chi connectivity index (χ1) is 11.6. The molecule has 0 aliphatic carbocycles. The summed E-state index contributed by atoms with van der Waals surface area (Å²) in [5, 5.41) is 3.30. The van der Waals surface area contributed by atoms with Crippen LogP contribution in [0, 0.1) is 0 Å². The minimum atomic E-state index is -0.550. The standard InChI is InChI=1S/C16H16N2O5S/c1-22-16(21)12-6-7-13(24-12)17-14(19)10-4-2-8-18(10)15(20)11-5-3-9-23-11/h3,5-7,9-10H,2,4,8H2,1H3,(H,17,19)/t10-/m0/s1. The van der Waals surface area contributed by atoms with E-state index >= 15 is 0 Å². The van der Waals surface area contributed by atoms with Gasteiger partial charge >= 0.3 is 5.97 Å². The van der Waals surface area contributed by atoms with Crippen LogP contribution in [0.5, 0.6) is 0 Å². The third-order valence-electron chi connectivity index (χ3n) is 3.79. The zero-order valence-electron chi connectivity index (χ0n) is 13.0. The van der Waals surface area contributed by atoms with E-state index in [-0.39, 0.29) is 17.6 Å². The maximum absolute atomic E-state index is 12.5. The molecule has 2 amide bonds. The van der Waals surface area contributed by atoms with Gasteiger partial charge in [0.15, 0.2) is 5.76 Å². The average molecular weight is 348 g/mol. The maximum Gasteiger partial charge on any atom is 0.348 e. The molecular weight excluding hydrogens is 332 g/mol. The largest absolute Gasteiger partial charge is 0.465 e. The van der Waals surface area contributed by atoms with Crippen molar-refractivity contribution in [2.24, 2.45) is 0 Å². The number of anilines is 1. The van der Waals surface area contributed by atoms with Crippen LogP contribution in [0.3, 0.4) is 0 Å². The third kappa shape index (κ3) is 3.18. The van der Waals surface area contributed by atoms with Crippen LogP contribution in [0.4, 0.5) is 5.00 Å². The van der Waals surface area contributed by atoms with Crippen molar-refractivity contribution in [3.63, 3.8) is 0 Å². The molecule has 1 N–H and O–H groups in total. The highest BCUT2D eigenvalue weighted by atomic mass is 32.1. The van der Waals surface area contributed by atoms with E-state index in [9.17, 15) is 14.4 Å². The number of carbonyl (C=O) groups excluding carboxylic acids is 3. The summed E-state index contributed by atoms with van der Waals surface area (Å²) in [7, 11) is 1.30. The van der Waals surface area contributed by atoms with E-state index in [0.29, 0.717) is 22.8 Å². The smallest absolute Gasteiger partial charge is 0.348 e. The number of likely N-dealkylation sites (tertiary alicyclic amines) is 1. The van der Waals surface area contributed by atoms with Crippen molar-refractivity contribution in [2.45, 2.75) is 18.9 Å². The lowest BCUT2D eigenvalue weighted by Gasteiger charge is -2.22. The van der Waals surface area contributed by atoms with Gasteiger partial charge in [-0.3, -0.25) is 9.59 Å². The Morgan fingerprint density at radius 2 is 2.17 bits per heavy atom. The van der Waals surface area contributed by atoms with E-state index in [0.717, 1.165) is 17.8 Å². The first kappa shape index (κ1) is 16.3. The lowest BCUT2D eigenvalue weighted by Crippen LogP contribution is -2.43. The van der Waals surface area contributed by atoms with Gasteiger partial charge in [-0.2, -0.15) is 0 Å². The molecule has 24 heavy (non-hydrogen) atoms. The number of hydrogen-bond acceptors (Lipinski definition) is 6. The van der Waals surface area contributed by atoms with Crippen molar-refractivity contribution in [3.8, 4) is 0 Å². The zero-order chi connectivity index (χ0) is 17.1. The number of rotatable bonds is 4. The molecule has 8 heteroatoms. The number of thiophene rings is 1.